The van der Waals surface area contributed by atoms with Crippen molar-refractivity contribution < 1.29 is 27.5 Å². The molecule has 0 radical (unpaired) electrons. The van der Waals surface area contributed by atoms with Crippen molar-refractivity contribution in [1.82, 2.24) is 10.6 Å². The first-order valence-corrected chi connectivity index (χ1v) is 10.1. The maximum atomic E-state index is 12.7. The minimum Gasteiger partial charge on any atom is -0.452 e. The number of urea groups is 1. The third-order valence-electron chi connectivity index (χ3n) is 3.79. The number of para-hydroxylation sites is 1. The maximum absolute atomic E-state index is 12.7. The fourth-order valence-corrected chi connectivity index (χ4v) is 3.48. The normalized spacial score (nSPS) is 10.7. The first-order chi connectivity index (χ1) is 13.8. The molecule has 0 spiro atoms. The lowest BCUT2D eigenvalue weighted by Gasteiger charge is -2.19. The van der Waals surface area contributed by atoms with E-state index in [2.05, 4.69) is 5.32 Å². The summed E-state index contributed by atoms with van der Waals surface area (Å²) in [6.45, 7) is 1.38. The van der Waals surface area contributed by atoms with Crippen molar-refractivity contribution in [2.45, 2.75) is 11.8 Å². The van der Waals surface area contributed by atoms with Crippen LogP contribution in [0.2, 0.25) is 0 Å². The van der Waals surface area contributed by atoms with E-state index >= 15 is 0 Å². The van der Waals surface area contributed by atoms with Gasteiger partial charge in [0.1, 0.15) is 0 Å². The Kier molecular flexibility index (Phi) is 7.32. The molecule has 0 saturated heterocycles. The number of nitrogens with zero attached hydrogens (tertiary/aromatic N) is 1. The maximum Gasteiger partial charge on any atom is 0.338 e. The predicted molar refractivity (Wildman–Crippen MR) is 106 cm³/mol. The predicted octanol–water partition coefficient (Wildman–Crippen LogP) is 1.51. The summed E-state index contributed by atoms with van der Waals surface area (Å²) < 4.78 is 31.4. The standard InChI is InChI=1S/C19H21N3O6S/c1-3-20-19(25)21-17(23)13-28-18(24)14-9-11-16(12-10-14)29(26,27)22(2)15-7-5-4-6-8-15/h4-12H,3,13H2,1-2H3,(H2,20,21,23,25). The van der Waals surface area contributed by atoms with Crippen molar-refractivity contribution in [2.24, 2.45) is 0 Å². The van der Waals surface area contributed by atoms with Gasteiger partial charge in [-0.15, -0.1) is 0 Å². The highest BCUT2D eigenvalue weighted by molar-refractivity contribution is 7.92. The first-order valence-electron chi connectivity index (χ1n) is 8.64. The zero-order chi connectivity index (χ0) is 21.4. The van der Waals surface area contributed by atoms with Crippen molar-refractivity contribution >= 4 is 33.6 Å². The summed E-state index contributed by atoms with van der Waals surface area (Å²) in [5.74, 6) is -1.61. The molecule has 154 valence electrons. The van der Waals surface area contributed by atoms with Crippen molar-refractivity contribution in [3.63, 3.8) is 0 Å². The summed E-state index contributed by atoms with van der Waals surface area (Å²) in [4.78, 5) is 34.7. The zero-order valence-corrected chi connectivity index (χ0v) is 16.7. The molecule has 9 nitrogen and oxygen atoms in total. The number of amides is 3. The Hall–Kier alpha value is -3.40. The Balaban J connectivity index is 2.01. The van der Waals surface area contributed by atoms with Gasteiger partial charge >= 0.3 is 12.0 Å². The van der Waals surface area contributed by atoms with Crippen molar-refractivity contribution in [1.29, 1.82) is 0 Å². The van der Waals surface area contributed by atoms with Crippen LogP contribution in [0.15, 0.2) is 59.5 Å². The number of ether oxygens (including phenoxy) is 1. The van der Waals surface area contributed by atoms with Crippen LogP contribution in [0, 0.1) is 0 Å². The minimum absolute atomic E-state index is 0.00520. The van der Waals surface area contributed by atoms with Crippen LogP contribution in [0.4, 0.5) is 10.5 Å². The van der Waals surface area contributed by atoms with Gasteiger partial charge in [0.2, 0.25) is 0 Å². The molecular weight excluding hydrogens is 398 g/mol. The fourth-order valence-electron chi connectivity index (χ4n) is 2.28. The Morgan fingerprint density at radius 3 is 2.21 bits per heavy atom. The van der Waals surface area contributed by atoms with Gasteiger partial charge in [0.05, 0.1) is 16.1 Å². The summed E-state index contributed by atoms with van der Waals surface area (Å²) >= 11 is 0. The van der Waals surface area contributed by atoms with Crippen LogP contribution in [0.5, 0.6) is 0 Å². The Morgan fingerprint density at radius 1 is 1.00 bits per heavy atom. The fraction of sp³-hybridized carbons (Fsp3) is 0.211. The number of nitrogens with one attached hydrogen (secondary N) is 2. The number of rotatable bonds is 7. The van der Waals surface area contributed by atoms with Gasteiger partial charge in [-0.25, -0.2) is 18.0 Å². The monoisotopic (exact) mass is 419 g/mol. The highest BCUT2D eigenvalue weighted by atomic mass is 32.2. The Morgan fingerprint density at radius 2 is 1.62 bits per heavy atom. The smallest absolute Gasteiger partial charge is 0.338 e. The summed E-state index contributed by atoms with van der Waals surface area (Å²) in [6, 6.07) is 13.0. The van der Waals surface area contributed by atoms with E-state index in [0.29, 0.717) is 12.2 Å². The van der Waals surface area contributed by atoms with Gasteiger partial charge in [0.25, 0.3) is 15.9 Å². The lowest BCUT2D eigenvalue weighted by atomic mass is 10.2. The van der Waals surface area contributed by atoms with E-state index in [1.807, 2.05) is 5.32 Å². The van der Waals surface area contributed by atoms with Gasteiger partial charge in [-0.05, 0) is 43.3 Å². The van der Waals surface area contributed by atoms with Crippen LogP contribution < -0.4 is 14.9 Å². The largest absolute Gasteiger partial charge is 0.452 e. The second kappa shape index (κ2) is 9.69. The molecule has 2 N–H and O–H groups in total. The molecule has 2 aromatic carbocycles. The molecule has 0 atom stereocenters. The number of anilines is 1. The SMILES string of the molecule is CCNC(=O)NC(=O)COC(=O)c1ccc(S(=O)(=O)N(C)c2ccccc2)cc1. The number of benzene rings is 2. The van der Waals surface area contributed by atoms with Gasteiger partial charge in [0.15, 0.2) is 6.61 Å². The number of carbonyl (C=O) groups is 3. The summed E-state index contributed by atoms with van der Waals surface area (Å²) in [5, 5.41) is 4.36. The highest BCUT2D eigenvalue weighted by Gasteiger charge is 2.22. The number of hydrogen-bond donors (Lipinski definition) is 2. The lowest BCUT2D eigenvalue weighted by Crippen LogP contribution is -2.41. The van der Waals surface area contributed by atoms with Gasteiger partial charge < -0.3 is 10.1 Å². The molecule has 0 heterocycles. The van der Waals surface area contributed by atoms with Gasteiger partial charge in [-0.1, -0.05) is 18.2 Å². The second-order valence-electron chi connectivity index (χ2n) is 5.82. The number of sulfonamides is 1. The second-order valence-corrected chi connectivity index (χ2v) is 7.79. The third kappa shape index (κ3) is 5.79. The molecule has 0 aliphatic carbocycles. The van der Waals surface area contributed by atoms with Crippen LogP contribution in [0.3, 0.4) is 0 Å². The molecule has 3 amide bonds. The summed E-state index contributed by atoms with van der Waals surface area (Å²) in [7, 11) is -2.38. The summed E-state index contributed by atoms with van der Waals surface area (Å²) in [6.07, 6.45) is 0. The molecule has 0 aliphatic heterocycles. The topological polar surface area (TPSA) is 122 Å². The van der Waals surface area contributed by atoms with Crippen molar-refractivity contribution in [3.8, 4) is 0 Å². The van der Waals surface area contributed by atoms with Gasteiger partial charge in [-0.2, -0.15) is 0 Å². The first kappa shape index (κ1) is 21.9. The number of hydrogen-bond acceptors (Lipinski definition) is 6. The molecule has 0 aliphatic rings. The van der Waals surface area contributed by atoms with Crippen molar-refractivity contribution in [3.05, 3.63) is 60.2 Å². The molecule has 0 bridgehead atoms. The van der Waals surface area contributed by atoms with Crippen LogP contribution >= 0.6 is 0 Å². The Bertz CT molecular complexity index is 975. The van der Waals surface area contributed by atoms with E-state index in [0.717, 1.165) is 4.31 Å². The molecule has 2 aromatic rings. The number of carbonyl (C=O) groups excluding carboxylic acids is 3. The molecule has 0 unspecified atom stereocenters. The average Bonchev–Trinajstić information content (AvgIpc) is 2.72. The zero-order valence-electron chi connectivity index (χ0n) is 15.9. The average molecular weight is 419 g/mol. The van der Waals surface area contributed by atoms with Crippen LogP contribution in [-0.4, -0.2) is 46.5 Å². The van der Waals surface area contributed by atoms with E-state index in [-0.39, 0.29) is 10.5 Å². The molecule has 2 rings (SSSR count). The molecule has 0 fully saturated rings. The van der Waals surface area contributed by atoms with Crippen LogP contribution in [0.1, 0.15) is 17.3 Å². The van der Waals surface area contributed by atoms with Crippen molar-refractivity contribution in [2.75, 3.05) is 24.5 Å². The number of esters is 1. The lowest BCUT2D eigenvalue weighted by molar-refractivity contribution is -0.123. The van der Waals surface area contributed by atoms with E-state index in [1.165, 1.54) is 31.3 Å². The van der Waals surface area contributed by atoms with Gasteiger partial charge in [0, 0.05) is 13.6 Å². The molecule has 0 aromatic heterocycles. The summed E-state index contributed by atoms with van der Waals surface area (Å²) in [5.41, 5.74) is 0.561. The van der Waals surface area contributed by atoms with Gasteiger partial charge in [-0.3, -0.25) is 14.4 Å². The van der Waals surface area contributed by atoms with Crippen LogP contribution in [-0.2, 0) is 19.6 Å². The van der Waals surface area contributed by atoms with Crippen LogP contribution in [0.25, 0.3) is 0 Å². The van der Waals surface area contributed by atoms with E-state index in [9.17, 15) is 22.8 Å². The highest BCUT2D eigenvalue weighted by Crippen LogP contribution is 2.22. The minimum atomic E-state index is -3.81. The Labute approximate surface area is 168 Å². The van der Waals surface area contributed by atoms with E-state index in [1.54, 1.807) is 37.3 Å². The molecule has 0 saturated carbocycles. The quantitative estimate of drug-likeness (QED) is 0.656. The van der Waals surface area contributed by atoms with E-state index in [4.69, 9.17) is 4.74 Å². The molecular formula is C19H21N3O6S. The molecule has 29 heavy (non-hydrogen) atoms. The number of imide groups is 1. The molecule has 10 heteroatoms. The van der Waals surface area contributed by atoms with E-state index < -0.39 is 34.5 Å². The third-order valence-corrected chi connectivity index (χ3v) is 5.59.